The van der Waals surface area contributed by atoms with Crippen molar-refractivity contribution < 1.29 is 22.7 Å². The van der Waals surface area contributed by atoms with Crippen molar-refractivity contribution in [2.75, 3.05) is 25.0 Å². The normalized spacial score (nSPS) is 13.6. The van der Waals surface area contributed by atoms with E-state index in [2.05, 4.69) is 5.32 Å². The van der Waals surface area contributed by atoms with E-state index in [0.717, 1.165) is 29.5 Å². The average molecular weight is 592 g/mol. The number of nitrogens with zero attached hydrogens (tertiary/aromatic N) is 2. The summed E-state index contributed by atoms with van der Waals surface area (Å²) in [6.07, 6.45) is 1.70. The number of hydrogen-bond acceptors (Lipinski definition) is 6. The maximum atomic E-state index is 13.2. The highest BCUT2D eigenvalue weighted by Crippen LogP contribution is 2.28. The first-order valence-electron chi connectivity index (χ1n) is 14.0. The van der Waals surface area contributed by atoms with E-state index in [9.17, 15) is 18.0 Å². The Labute approximate surface area is 250 Å². The maximum absolute atomic E-state index is 13.2. The van der Waals surface area contributed by atoms with Crippen molar-refractivity contribution in [2.45, 2.75) is 17.7 Å². The van der Waals surface area contributed by atoms with Crippen LogP contribution in [0.25, 0.3) is 33.3 Å². The second-order valence-corrected chi connectivity index (χ2v) is 12.2. The minimum atomic E-state index is -3.55. The number of para-hydroxylation sites is 1. The van der Waals surface area contributed by atoms with Crippen LogP contribution in [0.4, 0.5) is 5.69 Å². The fourth-order valence-corrected chi connectivity index (χ4v) is 6.67. The fraction of sp³-hybridized carbons (Fsp3) is 0.147. The monoisotopic (exact) mass is 591 g/mol. The molecular weight excluding hydrogens is 562 g/mol. The van der Waals surface area contributed by atoms with Crippen molar-refractivity contribution >= 4 is 38.5 Å². The lowest BCUT2D eigenvalue weighted by atomic mass is 10.0. The molecule has 8 nitrogen and oxygen atoms in total. The van der Waals surface area contributed by atoms with Gasteiger partial charge in [0.25, 0.3) is 5.91 Å². The van der Waals surface area contributed by atoms with Crippen LogP contribution in [0.1, 0.15) is 23.2 Å². The molecule has 0 bridgehead atoms. The van der Waals surface area contributed by atoms with Gasteiger partial charge in [0, 0.05) is 29.7 Å². The van der Waals surface area contributed by atoms with Crippen molar-refractivity contribution in [2.24, 2.45) is 0 Å². The Morgan fingerprint density at radius 2 is 1.40 bits per heavy atom. The zero-order valence-electron chi connectivity index (χ0n) is 23.3. The van der Waals surface area contributed by atoms with Crippen LogP contribution < -0.4 is 5.32 Å². The summed E-state index contributed by atoms with van der Waals surface area (Å²) >= 11 is 0. The topological polar surface area (TPSA) is 106 Å². The molecule has 1 aliphatic rings. The second-order valence-electron chi connectivity index (χ2n) is 10.3. The molecule has 43 heavy (non-hydrogen) atoms. The third kappa shape index (κ3) is 6.18. The molecule has 1 aromatic heterocycles. The molecule has 1 N–H and O–H groups in total. The molecule has 6 rings (SSSR count). The van der Waals surface area contributed by atoms with Crippen LogP contribution in [-0.2, 0) is 19.6 Å². The number of aromatic nitrogens is 1. The molecule has 2 heterocycles. The molecule has 0 radical (unpaired) electrons. The van der Waals surface area contributed by atoms with Crippen LogP contribution in [0.2, 0.25) is 0 Å². The summed E-state index contributed by atoms with van der Waals surface area (Å²) in [4.78, 5) is 30.8. The predicted octanol–water partition coefficient (Wildman–Crippen LogP) is 6.15. The van der Waals surface area contributed by atoms with Gasteiger partial charge in [0.1, 0.15) is 0 Å². The summed E-state index contributed by atoms with van der Waals surface area (Å²) in [7, 11) is -3.55. The number of ether oxygens (including phenoxy) is 1. The third-order valence-corrected chi connectivity index (χ3v) is 9.31. The number of rotatable bonds is 8. The zero-order chi connectivity index (χ0) is 29.8. The minimum absolute atomic E-state index is 0.175. The first-order valence-corrected chi connectivity index (χ1v) is 15.5. The van der Waals surface area contributed by atoms with E-state index in [1.807, 2.05) is 72.8 Å². The summed E-state index contributed by atoms with van der Waals surface area (Å²) in [6, 6.07) is 32.9. The Bertz CT molecular complexity index is 1890. The Hall–Kier alpha value is -4.86. The van der Waals surface area contributed by atoms with Crippen LogP contribution in [0.15, 0.2) is 114 Å². The van der Waals surface area contributed by atoms with Gasteiger partial charge in [0.2, 0.25) is 10.0 Å². The number of carbonyl (C=O) groups excluding carboxylic acids is 2. The number of nitrogens with one attached hydrogen (secondary N) is 1. The van der Waals surface area contributed by atoms with Gasteiger partial charge in [0.05, 0.1) is 21.7 Å². The highest BCUT2D eigenvalue weighted by Gasteiger charge is 2.27. The molecule has 0 spiro atoms. The Morgan fingerprint density at radius 1 is 0.767 bits per heavy atom. The smallest absolute Gasteiger partial charge is 0.339 e. The van der Waals surface area contributed by atoms with Gasteiger partial charge in [-0.15, -0.1) is 0 Å². The number of carbonyl (C=O) groups is 2. The van der Waals surface area contributed by atoms with Gasteiger partial charge < -0.3 is 10.1 Å². The molecular formula is C34H29N3O5S. The minimum Gasteiger partial charge on any atom is -0.452 e. The molecule has 1 fully saturated rings. The first-order chi connectivity index (χ1) is 20.9. The molecule has 9 heteroatoms. The van der Waals surface area contributed by atoms with Gasteiger partial charge in [-0.1, -0.05) is 72.8 Å². The molecule has 1 aliphatic heterocycles. The largest absolute Gasteiger partial charge is 0.452 e. The summed E-state index contributed by atoms with van der Waals surface area (Å²) < 4.78 is 32.3. The van der Waals surface area contributed by atoms with Crippen molar-refractivity contribution in [3.05, 3.63) is 115 Å². The summed E-state index contributed by atoms with van der Waals surface area (Å²) in [6.45, 7) is 0.520. The number of anilines is 1. The van der Waals surface area contributed by atoms with Crippen LogP contribution in [0.5, 0.6) is 0 Å². The number of esters is 1. The quantitative estimate of drug-likeness (QED) is 0.217. The fourth-order valence-electron chi connectivity index (χ4n) is 5.15. The summed E-state index contributed by atoms with van der Waals surface area (Å²) in [5.41, 5.74) is 4.96. The molecule has 1 saturated heterocycles. The van der Waals surface area contributed by atoms with Crippen LogP contribution in [0.3, 0.4) is 0 Å². The van der Waals surface area contributed by atoms with E-state index in [-0.39, 0.29) is 4.90 Å². The van der Waals surface area contributed by atoms with Crippen molar-refractivity contribution in [3.8, 4) is 22.4 Å². The van der Waals surface area contributed by atoms with Crippen LogP contribution in [-0.4, -0.2) is 49.3 Å². The van der Waals surface area contributed by atoms with E-state index in [1.54, 1.807) is 12.1 Å². The molecule has 0 aliphatic carbocycles. The molecule has 4 aromatic carbocycles. The SMILES string of the molecule is O=C(COC(=O)c1cc(-c2ccc(-c3ccccc3)cc2)nc2ccccc12)Nc1ccc(S(=O)(=O)N2CCCC2)cc1. The lowest BCUT2D eigenvalue weighted by molar-refractivity contribution is -0.119. The maximum Gasteiger partial charge on any atom is 0.339 e. The molecule has 0 saturated carbocycles. The van der Waals surface area contributed by atoms with Crippen molar-refractivity contribution in [1.82, 2.24) is 9.29 Å². The number of amides is 1. The number of pyridine rings is 1. The third-order valence-electron chi connectivity index (χ3n) is 7.40. The number of fused-ring (bicyclic) bond motifs is 1. The van der Waals surface area contributed by atoms with E-state index >= 15 is 0 Å². The highest BCUT2D eigenvalue weighted by molar-refractivity contribution is 7.89. The van der Waals surface area contributed by atoms with Gasteiger partial charge in [-0.25, -0.2) is 18.2 Å². The van der Waals surface area contributed by atoms with E-state index in [0.29, 0.717) is 40.9 Å². The van der Waals surface area contributed by atoms with E-state index < -0.39 is 28.5 Å². The summed E-state index contributed by atoms with van der Waals surface area (Å²) in [5.74, 6) is -1.19. The number of sulfonamides is 1. The zero-order valence-corrected chi connectivity index (χ0v) is 24.1. The van der Waals surface area contributed by atoms with Crippen LogP contribution >= 0.6 is 0 Å². The van der Waals surface area contributed by atoms with Crippen molar-refractivity contribution in [3.63, 3.8) is 0 Å². The molecule has 0 atom stereocenters. The molecule has 1 amide bonds. The Kier molecular flexibility index (Phi) is 8.00. The second kappa shape index (κ2) is 12.2. The van der Waals surface area contributed by atoms with Gasteiger partial charge in [-0.2, -0.15) is 4.31 Å². The number of benzene rings is 4. The van der Waals surface area contributed by atoms with Gasteiger partial charge >= 0.3 is 5.97 Å². The van der Waals surface area contributed by atoms with E-state index in [1.165, 1.54) is 28.6 Å². The van der Waals surface area contributed by atoms with Gasteiger partial charge in [-0.3, -0.25) is 4.79 Å². The van der Waals surface area contributed by atoms with Crippen molar-refractivity contribution in [1.29, 1.82) is 0 Å². The summed E-state index contributed by atoms with van der Waals surface area (Å²) in [5, 5.41) is 3.27. The first kappa shape index (κ1) is 28.3. The van der Waals surface area contributed by atoms with Gasteiger partial charge in [-0.05, 0) is 60.4 Å². The lowest BCUT2D eigenvalue weighted by Crippen LogP contribution is -2.27. The predicted molar refractivity (Wildman–Crippen MR) is 166 cm³/mol. The molecule has 5 aromatic rings. The standard InChI is InChI=1S/C34H29N3O5S/c38-33(35-27-16-18-28(19-17-27)43(40,41)37-20-6-7-21-37)23-42-34(39)30-22-32(36-31-11-5-4-10-29(30)31)26-14-12-25(13-15-26)24-8-2-1-3-9-24/h1-5,8-19,22H,6-7,20-21,23H2,(H,35,38). The average Bonchev–Trinajstić information content (AvgIpc) is 3.60. The molecule has 216 valence electrons. The Balaban J connectivity index is 1.15. The van der Waals surface area contributed by atoms with E-state index in [4.69, 9.17) is 9.72 Å². The lowest BCUT2D eigenvalue weighted by Gasteiger charge is -2.15. The number of hydrogen-bond donors (Lipinski definition) is 1. The van der Waals surface area contributed by atoms with Gasteiger partial charge in [0.15, 0.2) is 6.61 Å². The van der Waals surface area contributed by atoms with Crippen LogP contribution in [0, 0.1) is 0 Å². The molecule has 0 unspecified atom stereocenters. The Morgan fingerprint density at radius 3 is 2.12 bits per heavy atom. The highest BCUT2D eigenvalue weighted by atomic mass is 32.2.